The molecule has 102 valence electrons. The molecule has 0 atom stereocenters. The van der Waals surface area contributed by atoms with Crippen LogP contribution in [0.4, 0.5) is 0 Å². The summed E-state index contributed by atoms with van der Waals surface area (Å²) in [6, 6.07) is 0. The SMILES string of the molecule is C=C/C=C/C=C/C/C=C/C=N\C=C(/N=CC)C(C)C. The molecule has 0 heterocycles. The molecule has 0 radical (unpaired) electrons. The third kappa shape index (κ3) is 10.9. The molecule has 0 bridgehead atoms. The van der Waals surface area contributed by atoms with E-state index in [9.17, 15) is 0 Å². The number of hydrogen-bond donors (Lipinski definition) is 0. The van der Waals surface area contributed by atoms with Gasteiger partial charge in [-0.05, 0) is 25.3 Å². The molecule has 2 heteroatoms. The van der Waals surface area contributed by atoms with E-state index in [1.165, 1.54) is 0 Å². The van der Waals surface area contributed by atoms with Gasteiger partial charge in [-0.25, -0.2) is 0 Å². The molecule has 0 saturated heterocycles. The van der Waals surface area contributed by atoms with Gasteiger partial charge in [0, 0.05) is 18.6 Å². The number of hydrogen-bond acceptors (Lipinski definition) is 2. The van der Waals surface area contributed by atoms with Crippen LogP contribution in [0.25, 0.3) is 0 Å². The molecule has 0 N–H and O–H groups in total. The first kappa shape index (κ1) is 17.0. The largest absolute Gasteiger partial charge is 0.264 e. The van der Waals surface area contributed by atoms with E-state index in [0.29, 0.717) is 5.92 Å². The summed E-state index contributed by atoms with van der Waals surface area (Å²) in [6.45, 7) is 9.72. The van der Waals surface area contributed by atoms with Crippen LogP contribution in [-0.2, 0) is 0 Å². The molecular formula is C17H24N2. The van der Waals surface area contributed by atoms with E-state index >= 15 is 0 Å². The Morgan fingerprint density at radius 3 is 2.47 bits per heavy atom. The minimum Gasteiger partial charge on any atom is -0.264 e. The molecule has 0 aromatic carbocycles. The van der Waals surface area contributed by atoms with Crippen LogP contribution in [-0.4, -0.2) is 12.4 Å². The summed E-state index contributed by atoms with van der Waals surface area (Å²) >= 11 is 0. The van der Waals surface area contributed by atoms with Crippen molar-refractivity contribution in [2.24, 2.45) is 15.9 Å². The van der Waals surface area contributed by atoms with Crippen molar-refractivity contribution in [1.29, 1.82) is 0 Å². The summed E-state index contributed by atoms with van der Waals surface area (Å²) in [4.78, 5) is 8.49. The molecule has 0 aromatic rings. The van der Waals surface area contributed by atoms with Gasteiger partial charge in [0.25, 0.3) is 0 Å². The normalized spacial score (nSPS) is 14.2. The summed E-state index contributed by atoms with van der Waals surface area (Å²) in [5, 5.41) is 0. The molecule has 0 fully saturated rings. The van der Waals surface area contributed by atoms with Crippen molar-refractivity contribution in [2.75, 3.05) is 0 Å². The smallest absolute Gasteiger partial charge is 0.0607 e. The van der Waals surface area contributed by atoms with Gasteiger partial charge in [-0.15, -0.1) is 0 Å². The van der Waals surface area contributed by atoms with Crippen molar-refractivity contribution in [2.45, 2.75) is 27.2 Å². The maximum absolute atomic E-state index is 4.27. The van der Waals surface area contributed by atoms with Crippen LogP contribution in [0.2, 0.25) is 0 Å². The first-order valence-corrected chi connectivity index (χ1v) is 6.53. The van der Waals surface area contributed by atoms with Crippen LogP contribution in [0, 0.1) is 5.92 Å². The summed E-state index contributed by atoms with van der Waals surface area (Å²) < 4.78 is 0. The van der Waals surface area contributed by atoms with E-state index in [2.05, 4.69) is 36.5 Å². The summed E-state index contributed by atoms with van der Waals surface area (Å²) in [7, 11) is 0. The second kappa shape index (κ2) is 12.5. The quantitative estimate of drug-likeness (QED) is 0.436. The maximum atomic E-state index is 4.27. The molecule has 0 aliphatic heterocycles. The van der Waals surface area contributed by atoms with Crippen LogP contribution < -0.4 is 0 Å². The molecule has 19 heavy (non-hydrogen) atoms. The number of nitrogens with zero attached hydrogens (tertiary/aromatic N) is 2. The zero-order chi connectivity index (χ0) is 14.3. The Morgan fingerprint density at radius 1 is 1.11 bits per heavy atom. The molecule has 0 spiro atoms. The van der Waals surface area contributed by atoms with Crippen molar-refractivity contribution in [3.8, 4) is 0 Å². The van der Waals surface area contributed by atoms with Gasteiger partial charge in [0.2, 0.25) is 0 Å². The zero-order valence-electron chi connectivity index (χ0n) is 12.2. The monoisotopic (exact) mass is 256 g/mol. The summed E-state index contributed by atoms with van der Waals surface area (Å²) in [5.74, 6) is 0.386. The van der Waals surface area contributed by atoms with Crippen molar-refractivity contribution in [1.82, 2.24) is 0 Å². The van der Waals surface area contributed by atoms with Crippen LogP contribution in [0.15, 0.2) is 71.0 Å². The second-order valence-electron chi connectivity index (χ2n) is 4.11. The number of allylic oxidation sites excluding steroid dienone is 8. The first-order valence-electron chi connectivity index (χ1n) is 6.53. The Kier molecular flexibility index (Phi) is 11.2. The fraction of sp³-hybridized carbons (Fsp3) is 0.294. The standard InChI is InChI=1S/C17H24N2/c1-5-7-8-9-10-11-12-13-14-18-15-17(16(3)4)19-6-2/h5-10,12-16H,1,11H2,2-4H3/b8-7+,10-9+,13-12+,17-15-,18-14-,19-6?. The molecule has 0 aliphatic carbocycles. The van der Waals surface area contributed by atoms with Crippen molar-refractivity contribution < 1.29 is 0 Å². The minimum atomic E-state index is 0.386. The topological polar surface area (TPSA) is 24.7 Å². The number of rotatable bonds is 8. The highest BCUT2D eigenvalue weighted by molar-refractivity contribution is 5.71. The average molecular weight is 256 g/mol. The molecule has 0 aromatic heterocycles. The van der Waals surface area contributed by atoms with Crippen LogP contribution >= 0.6 is 0 Å². The summed E-state index contributed by atoms with van der Waals surface area (Å²) in [5.41, 5.74) is 0.988. The summed E-state index contributed by atoms with van der Waals surface area (Å²) in [6.07, 6.45) is 19.9. The lowest BCUT2D eigenvalue weighted by molar-refractivity contribution is 0.756. The highest BCUT2D eigenvalue weighted by Crippen LogP contribution is 2.09. The molecule has 2 nitrogen and oxygen atoms in total. The van der Waals surface area contributed by atoms with Crippen LogP contribution in [0.3, 0.4) is 0 Å². The average Bonchev–Trinajstić information content (AvgIpc) is 2.39. The van der Waals surface area contributed by atoms with E-state index in [-0.39, 0.29) is 0 Å². The maximum Gasteiger partial charge on any atom is 0.0607 e. The van der Waals surface area contributed by atoms with Gasteiger partial charge in [0.1, 0.15) is 0 Å². The van der Waals surface area contributed by atoms with Gasteiger partial charge < -0.3 is 0 Å². The predicted octanol–water partition coefficient (Wildman–Crippen LogP) is 4.89. The van der Waals surface area contributed by atoms with Crippen molar-refractivity contribution in [3.05, 3.63) is 61.0 Å². The zero-order valence-corrected chi connectivity index (χ0v) is 12.2. The second-order valence-corrected chi connectivity index (χ2v) is 4.11. The van der Waals surface area contributed by atoms with Crippen LogP contribution in [0.5, 0.6) is 0 Å². The van der Waals surface area contributed by atoms with Gasteiger partial charge in [-0.1, -0.05) is 56.9 Å². The van der Waals surface area contributed by atoms with Gasteiger partial charge in [-0.3, -0.25) is 9.98 Å². The lowest BCUT2D eigenvalue weighted by Crippen LogP contribution is -1.90. The molecule has 0 unspecified atom stereocenters. The fourth-order valence-electron chi connectivity index (χ4n) is 1.17. The lowest BCUT2D eigenvalue weighted by atomic mass is 10.1. The Hall–Kier alpha value is -1.96. The highest BCUT2D eigenvalue weighted by atomic mass is 14.8. The third-order valence-corrected chi connectivity index (χ3v) is 2.15. The van der Waals surface area contributed by atoms with E-state index < -0.39 is 0 Å². The molecular weight excluding hydrogens is 232 g/mol. The Bertz CT molecular complexity index is 405. The first-order chi connectivity index (χ1) is 9.22. The lowest BCUT2D eigenvalue weighted by Gasteiger charge is -2.02. The fourth-order valence-corrected chi connectivity index (χ4v) is 1.17. The predicted molar refractivity (Wildman–Crippen MR) is 87.8 cm³/mol. The van der Waals surface area contributed by atoms with E-state index in [0.717, 1.165) is 12.1 Å². The van der Waals surface area contributed by atoms with E-state index in [1.54, 1.807) is 24.7 Å². The molecule has 0 aliphatic rings. The Balaban J connectivity index is 4.14. The molecule has 0 amide bonds. The van der Waals surface area contributed by atoms with Gasteiger partial charge in [0.05, 0.1) is 5.70 Å². The Labute approximate surface area is 117 Å². The van der Waals surface area contributed by atoms with Crippen molar-refractivity contribution >= 4 is 12.4 Å². The van der Waals surface area contributed by atoms with E-state index in [4.69, 9.17) is 0 Å². The van der Waals surface area contributed by atoms with Gasteiger partial charge in [0.15, 0.2) is 0 Å². The van der Waals surface area contributed by atoms with Gasteiger partial charge >= 0.3 is 0 Å². The highest BCUT2D eigenvalue weighted by Gasteiger charge is 1.97. The van der Waals surface area contributed by atoms with E-state index in [1.807, 2.05) is 37.3 Å². The molecule has 0 saturated carbocycles. The Morgan fingerprint density at radius 2 is 1.84 bits per heavy atom. The van der Waals surface area contributed by atoms with Gasteiger partial charge in [-0.2, -0.15) is 0 Å². The third-order valence-electron chi connectivity index (χ3n) is 2.15. The molecule has 0 rings (SSSR count). The van der Waals surface area contributed by atoms with Crippen molar-refractivity contribution in [3.63, 3.8) is 0 Å². The minimum absolute atomic E-state index is 0.386. The number of aliphatic imine (C=N–C) groups is 2. The van der Waals surface area contributed by atoms with Crippen LogP contribution in [0.1, 0.15) is 27.2 Å².